The minimum Gasteiger partial charge on any atom is -0.325 e. The topological polar surface area (TPSA) is 41.1 Å². The van der Waals surface area contributed by atoms with Crippen LogP contribution in [0.2, 0.25) is 0 Å². The summed E-state index contributed by atoms with van der Waals surface area (Å²) in [4.78, 5) is 11.7. The Bertz CT molecular complexity index is 433. The second kappa shape index (κ2) is 6.29. The predicted octanol–water partition coefficient (Wildman–Crippen LogP) is 3.06. The number of benzene rings is 1. The van der Waals surface area contributed by atoms with Gasteiger partial charge in [0.1, 0.15) is 5.82 Å². The van der Waals surface area contributed by atoms with Gasteiger partial charge in [-0.25, -0.2) is 4.39 Å². The van der Waals surface area contributed by atoms with Crippen LogP contribution in [0.5, 0.6) is 0 Å². The number of carbonyl (C=O) groups is 1. The van der Waals surface area contributed by atoms with Gasteiger partial charge in [0.15, 0.2) is 0 Å². The maximum Gasteiger partial charge on any atom is 0.238 e. The monoisotopic (exact) mass is 314 g/mol. The van der Waals surface area contributed by atoms with Crippen molar-refractivity contribution in [2.24, 2.45) is 0 Å². The zero-order valence-corrected chi connectivity index (χ0v) is 11.6. The van der Waals surface area contributed by atoms with Crippen molar-refractivity contribution >= 4 is 27.5 Å². The van der Waals surface area contributed by atoms with Crippen LogP contribution >= 0.6 is 15.9 Å². The third-order valence-electron chi connectivity index (χ3n) is 3.11. The Kier molecular flexibility index (Phi) is 4.72. The van der Waals surface area contributed by atoms with Crippen molar-refractivity contribution < 1.29 is 9.18 Å². The Morgan fingerprint density at radius 3 is 2.78 bits per heavy atom. The highest BCUT2D eigenvalue weighted by atomic mass is 79.9. The van der Waals surface area contributed by atoms with Gasteiger partial charge in [0.2, 0.25) is 5.91 Å². The van der Waals surface area contributed by atoms with Gasteiger partial charge in [-0.1, -0.05) is 12.8 Å². The van der Waals surface area contributed by atoms with Crippen LogP contribution in [-0.2, 0) is 4.79 Å². The summed E-state index contributed by atoms with van der Waals surface area (Å²) in [5.41, 5.74) is 0.480. The van der Waals surface area contributed by atoms with Gasteiger partial charge < -0.3 is 10.6 Å². The molecule has 0 bridgehead atoms. The summed E-state index contributed by atoms with van der Waals surface area (Å²) in [5.74, 6) is -0.514. The van der Waals surface area contributed by atoms with E-state index >= 15 is 0 Å². The van der Waals surface area contributed by atoms with Crippen molar-refractivity contribution in [3.8, 4) is 0 Å². The normalized spacial score (nSPS) is 15.9. The van der Waals surface area contributed by atoms with Crippen LogP contribution in [-0.4, -0.2) is 18.5 Å². The lowest BCUT2D eigenvalue weighted by atomic mass is 10.2. The van der Waals surface area contributed by atoms with Crippen LogP contribution < -0.4 is 10.6 Å². The van der Waals surface area contributed by atoms with Gasteiger partial charge >= 0.3 is 0 Å². The van der Waals surface area contributed by atoms with E-state index in [2.05, 4.69) is 26.6 Å². The third kappa shape index (κ3) is 3.78. The maximum atomic E-state index is 13.2. The molecule has 2 N–H and O–H groups in total. The fraction of sp³-hybridized carbons (Fsp3) is 0.462. The molecule has 5 heteroatoms. The first-order chi connectivity index (χ1) is 8.65. The number of halogens is 2. The van der Waals surface area contributed by atoms with Crippen LogP contribution in [0.25, 0.3) is 0 Å². The molecule has 1 aliphatic rings. The van der Waals surface area contributed by atoms with Gasteiger partial charge in [-0.15, -0.1) is 0 Å². The third-order valence-corrected chi connectivity index (χ3v) is 3.75. The summed E-state index contributed by atoms with van der Waals surface area (Å²) in [5, 5.41) is 5.88. The van der Waals surface area contributed by atoms with Gasteiger partial charge in [-0.2, -0.15) is 0 Å². The Hall–Kier alpha value is -0.940. The number of carbonyl (C=O) groups excluding carboxylic acids is 1. The smallest absolute Gasteiger partial charge is 0.238 e. The molecule has 18 heavy (non-hydrogen) atoms. The molecule has 3 nitrogen and oxygen atoms in total. The van der Waals surface area contributed by atoms with E-state index in [4.69, 9.17) is 0 Å². The maximum absolute atomic E-state index is 13.2. The molecule has 1 saturated carbocycles. The molecule has 0 atom stereocenters. The van der Waals surface area contributed by atoms with Crippen molar-refractivity contribution in [1.29, 1.82) is 0 Å². The average Bonchev–Trinajstić information content (AvgIpc) is 2.84. The molecule has 1 aromatic carbocycles. The molecule has 98 valence electrons. The van der Waals surface area contributed by atoms with E-state index in [1.807, 2.05) is 0 Å². The second-order valence-electron chi connectivity index (χ2n) is 4.54. The molecular weight excluding hydrogens is 299 g/mol. The molecule has 0 unspecified atom stereocenters. The quantitative estimate of drug-likeness (QED) is 0.896. The van der Waals surface area contributed by atoms with Crippen LogP contribution in [0.3, 0.4) is 0 Å². The molecule has 0 aromatic heterocycles. The molecular formula is C13H16BrFN2O. The van der Waals surface area contributed by atoms with Gasteiger partial charge in [0.25, 0.3) is 0 Å². The number of rotatable bonds is 4. The Morgan fingerprint density at radius 2 is 2.11 bits per heavy atom. The lowest BCUT2D eigenvalue weighted by Gasteiger charge is -2.11. The fourth-order valence-corrected chi connectivity index (χ4v) is 2.39. The van der Waals surface area contributed by atoms with Gasteiger partial charge in [-0.3, -0.25) is 4.79 Å². The number of hydrogen-bond acceptors (Lipinski definition) is 2. The van der Waals surface area contributed by atoms with Crippen LogP contribution in [0, 0.1) is 5.82 Å². The van der Waals surface area contributed by atoms with E-state index in [1.165, 1.54) is 18.9 Å². The number of nitrogens with one attached hydrogen (secondary N) is 2. The average molecular weight is 315 g/mol. The summed E-state index contributed by atoms with van der Waals surface area (Å²) < 4.78 is 13.6. The van der Waals surface area contributed by atoms with E-state index in [-0.39, 0.29) is 18.3 Å². The van der Waals surface area contributed by atoms with E-state index in [9.17, 15) is 9.18 Å². The highest BCUT2D eigenvalue weighted by Gasteiger charge is 2.15. The highest BCUT2D eigenvalue weighted by Crippen LogP contribution is 2.19. The zero-order chi connectivity index (χ0) is 13.0. The molecule has 0 saturated heterocycles. The molecule has 1 amide bonds. The van der Waals surface area contributed by atoms with E-state index < -0.39 is 0 Å². The molecule has 1 fully saturated rings. The first-order valence-electron chi connectivity index (χ1n) is 6.13. The minimum atomic E-state index is -0.378. The van der Waals surface area contributed by atoms with Crippen molar-refractivity contribution in [3.05, 3.63) is 28.5 Å². The predicted molar refractivity (Wildman–Crippen MR) is 73.0 cm³/mol. The highest BCUT2D eigenvalue weighted by molar-refractivity contribution is 9.10. The van der Waals surface area contributed by atoms with Gasteiger partial charge in [0.05, 0.1) is 11.0 Å². The van der Waals surface area contributed by atoms with Crippen molar-refractivity contribution in [2.45, 2.75) is 31.7 Å². The van der Waals surface area contributed by atoms with Crippen LogP contribution in [0.15, 0.2) is 22.7 Å². The molecule has 2 rings (SSSR count). The van der Waals surface area contributed by atoms with Crippen LogP contribution in [0.4, 0.5) is 10.1 Å². The largest absolute Gasteiger partial charge is 0.325 e. The van der Waals surface area contributed by atoms with Gasteiger partial charge in [-0.05, 0) is 47.0 Å². The minimum absolute atomic E-state index is 0.136. The summed E-state index contributed by atoms with van der Waals surface area (Å²) in [7, 11) is 0. The number of amides is 1. The second-order valence-corrected chi connectivity index (χ2v) is 5.39. The van der Waals surface area contributed by atoms with Crippen molar-refractivity contribution in [3.63, 3.8) is 0 Å². The molecule has 0 aliphatic heterocycles. The lowest BCUT2D eigenvalue weighted by molar-refractivity contribution is -0.115. The zero-order valence-electron chi connectivity index (χ0n) is 10.0. The summed E-state index contributed by atoms with van der Waals surface area (Å²) in [6.07, 6.45) is 4.74. The van der Waals surface area contributed by atoms with Crippen molar-refractivity contribution in [1.82, 2.24) is 5.32 Å². The Balaban J connectivity index is 1.80. The van der Waals surface area contributed by atoms with E-state index in [0.717, 1.165) is 12.8 Å². The molecule has 1 aromatic rings. The summed E-state index contributed by atoms with van der Waals surface area (Å²) in [6.45, 7) is 0.280. The molecule has 0 radical (unpaired) electrons. The number of anilines is 1. The van der Waals surface area contributed by atoms with E-state index in [0.29, 0.717) is 16.2 Å². The van der Waals surface area contributed by atoms with Crippen LogP contribution in [0.1, 0.15) is 25.7 Å². The Labute approximate surface area is 114 Å². The van der Waals surface area contributed by atoms with Crippen molar-refractivity contribution in [2.75, 3.05) is 11.9 Å². The first-order valence-corrected chi connectivity index (χ1v) is 6.93. The SMILES string of the molecule is O=C(CNC1CCCC1)Nc1ccc(Br)c(F)c1. The standard InChI is InChI=1S/C13H16BrFN2O/c14-11-6-5-10(7-12(11)15)17-13(18)8-16-9-3-1-2-4-9/h5-7,9,16H,1-4,8H2,(H,17,18). The van der Waals surface area contributed by atoms with Gasteiger partial charge in [0, 0.05) is 11.7 Å². The first kappa shape index (κ1) is 13.5. The van der Waals surface area contributed by atoms with E-state index in [1.54, 1.807) is 12.1 Å². The summed E-state index contributed by atoms with van der Waals surface area (Å²) >= 11 is 3.07. The Morgan fingerprint density at radius 1 is 1.39 bits per heavy atom. The lowest BCUT2D eigenvalue weighted by Crippen LogP contribution is -2.34. The number of hydrogen-bond donors (Lipinski definition) is 2. The summed E-state index contributed by atoms with van der Waals surface area (Å²) in [6, 6.07) is 5.01. The molecule has 1 aliphatic carbocycles. The molecule has 0 spiro atoms. The molecule has 0 heterocycles. The fourth-order valence-electron chi connectivity index (χ4n) is 2.15.